The van der Waals surface area contributed by atoms with Crippen molar-refractivity contribution in [2.24, 2.45) is 0 Å². The lowest BCUT2D eigenvalue weighted by molar-refractivity contribution is 0.578. The van der Waals surface area contributed by atoms with Crippen molar-refractivity contribution in [3.63, 3.8) is 0 Å². The Morgan fingerprint density at radius 1 is 1.19 bits per heavy atom. The summed E-state index contributed by atoms with van der Waals surface area (Å²) in [5, 5.41) is 7.40. The number of halogens is 1. The van der Waals surface area contributed by atoms with Crippen LogP contribution in [-0.2, 0) is 0 Å². The van der Waals surface area contributed by atoms with E-state index < -0.39 is 0 Å². The molecule has 0 unspecified atom stereocenters. The van der Waals surface area contributed by atoms with E-state index in [1.807, 2.05) is 30.6 Å². The number of hydrogen-bond acceptors (Lipinski definition) is 6. The summed E-state index contributed by atoms with van der Waals surface area (Å²) in [6.07, 6.45) is 1.83. The SMILES string of the molecule is CC(C)n1cnc2c(Nc3cccc(Cl)c3)nc(N3CCNCC3)nc21. The number of nitrogens with one attached hydrogen (secondary N) is 2. The van der Waals surface area contributed by atoms with Gasteiger partial charge in [0.1, 0.15) is 0 Å². The molecule has 2 aromatic heterocycles. The number of fused-ring (bicyclic) bond motifs is 1. The van der Waals surface area contributed by atoms with Crippen molar-refractivity contribution in [3.8, 4) is 0 Å². The Kier molecular flexibility index (Phi) is 4.65. The van der Waals surface area contributed by atoms with Gasteiger partial charge in [0, 0.05) is 42.9 Å². The highest BCUT2D eigenvalue weighted by molar-refractivity contribution is 6.30. The Balaban J connectivity index is 1.81. The van der Waals surface area contributed by atoms with Crippen molar-refractivity contribution < 1.29 is 0 Å². The fraction of sp³-hybridized carbons (Fsp3) is 0.389. The molecule has 1 saturated heterocycles. The first-order valence-electron chi connectivity index (χ1n) is 8.84. The fourth-order valence-corrected chi connectivity index (χ4v) is 3.27. The number of rotatable bonds is 4. The van der Waals surface area contributed by atoms with Crippen molar-refractivity contribution in [2.75, 3.05) is 36.4 Å². The van der Waals surface area contributed by atoms with Crippen molar-refractivity contribution in [1.82, 2.24) is 24.8 Å². The van der Waals surface area contributed by atoms with Crippen LogP contribution in [-0.4, -0.2) is 45.7 Å². The van der Waals surface area contributed by atoms with Crippen LogP contribution in [0.4, 0.5) is 17.5 Å². The maximum Gasteiger partial charge on any atom is 0.229 e. The van der Waals surface area contributed by atoms with E-state index in [4.69, 9.17) is 21.6 Å². The summed E-state index contributed by atoms with van der Waals surface area (Å²) < 4.78 is 2.08. The number of hydrogen-bond donors (Lipinski definition) is 2. The number of anilines is 3. The van der Waals surface area contributed by atoms with Gasteiger partial charge in [0.25, 0.3) is 0 Å². The van der Waals surface area contributed by atoms with Crippen LogP contribution in [0.2, 0.25) is 5.02 Å². The zero-order valence-corrected chi connectivity index (χ0v) is 15.7. The first-order chi connectivity index (χ1) is 12.6. The minimum Gasteiger partial charge on any atom is -0.338 e. The van der Waals surface area contributed by atoms with Gasteiger partial charge in [-0.2, -0.15) is 9.97 Å². The van der Waals surface area contributed by atoms with Gasteiger partial charge < -0.3 is 20.1 Å². The van der Waals surface area contributed by atoms with Gasteiger partial charge in [0.2, 0.25) is 5.95 Å². The van der Waals surface area contributed by atoms with Crippen molar-refractivity contribution in [1.29, 1.82) is 0 Å². The van der Waals surface area contributed by atoms with Crippen LogP contribution in [0.3, 0.4) is 0 Å². The third-order valence-corrected chi connectivity index (χ3v) is 4.69. The van der Waals surface area contributed by atoms with Crippen LogP contribution in [0.5, 0.6) is 0 Å². The van der Waals surface area contributed by atoms with Gasteiger partial charge in [0.15, 0.2) is 17.0 Å². The minimum absolute atomic E-state index is 0.268. The third-order valence-electron chi connectivity index (χ3n) is 4.45. The topological polar surface area (TPSA) is 70.9 Å². The van der Waals surface area contributed by atoms with E-state index in [9.17, 15) is 0 Å². The molecule has 136 valence electrons. The molecule has 1 fully saturated rings. The highest BCUT2D eigenvalue weighted by atomic mass is 35.5. The molecule has 0 saturated carbocycles. The number of imidazole rings is 1. The summed E-state index contributed by atoms with van der Waals surface area (Å²) in [5.74, 6) is 1.43. The molecule has 26 heavy (non-hydrogen) atoms. The second-order valence-corrected chi connectivity index (χ2v) is 7.10. The molecule has 4 rings (SSSR count). The first kappa shape index (κ1) is 17.1. The highest BCUT2D eigenvalue weighted by Gasteiger charge is 2.19. The van der Waals surface area contributed by atoms with E-state index >= 15 is 0 Å². The summed E-state index contributed by atoms with van der Waals surface area (Å²) in [6, 6.07) is 7.86. The van der Waals surface area contributed by atoms with Crippen molar-refractivity contribution >= 4 is 40.2 Å². The van der Waals surface area contributed by atoms with Gasteiger partial charge in [0.05, 0.1) is 6.33 Å². The molecule has 2 N–H and O–H groups in total. The average Bonchev–Trinajstić information content (AvgIpc) is 3.07. The Morgan fingerprint density at radius 2 is 2.00 bits per heavy atom. The van der Waals surface area contributed by atoms with Gasteiger partial charge >= 0.3 is 0 Å². The van der Waals surface area contributed by atoms with E-state index in [0.717, 1.165) is 49.0 Å². The molecule has 0 radical (unpaired) electrons. The van der Waals surface area contributed by atoms with Crippen LogP contribution in [0, 0.1) is 0 Å². The smallest absolute Gasteiger partial charge is 0.229 e. The summed E-state index contributed by atoms with van der Waals surface area (Å²) in [6.45, 7) is 7.88. The lowest BCUT2D eigenvalue weighted by atomic mass is 10.3. The number of nitrogens with zero attached hydrogens (tertiary/aromatic N) is 5. The van der Waals surface area contributed by atoms with Crippen LogP contribution in [0.15, 0.2) is 30.6 Å². The minimum atomic E-state index is 0.268. The van der Waals surface area contributed by atoms with Crippen molar-refractivity contribution in [3.05, 3.63) is 35.6 Å². The quantitative estimate of drug-likeness (QED) is 0.733. The van der Waals surface area contributed by atoms with Crippen LogP contribution >= 0.6 is 11.6 Å². The lowest BCUT2D eigenvalue weighted by Gasteiger charge is -2.27. The molecule has 3 aromatic rings. The van der Waals surface area contributed by atoms with Crippen LogP contribution < -0.4 is 15.5 Å². The number of aromatic nitrogens is 4. The van der Waals surface area contributed by atoms with E-state index in [2.05, 4.69) is 38.9 Å². The van der Waals surface area contributed by atoms with Gasteiger partial charge in [-0.25, -0.2) is 4.98 Å². The van der Waals surface area contributed by atoms with Crippen LogP contribution in [0.1, 0.15) is 19.9 Å². The number of benzene rings is 1. The fourth-order valence-electron chi connectivity index (χ4n) is 3.08. The Morgan fingerprint density at radius 3 is 2.73 bits per heavy atom. The largest absolute Gasteiger partial charge is 0.338 e. The normalized spacial score (nSPS) is 15.0. The maximum absolute atomic E-state index is 6.12. The molecule has 3 heterocycles. The summed E-state index contributed by atoms with van der Waals surface area (Å²) in [4.78, 5) is 16.4. The first-order valence-corrected chi connectivity index (χ1v) is 9.22. The molecule has 0 bridgehead atoms. The molecule has 7 nitrogen and oxygen atoms in total. The third kappa shape index (κ3) is 3.32. The molecular formula is C18H22ClN7. The summed E-state index contributed by atoms with van der Waals surface area (Å²) >= 11 is 6.12. The van der Waals surface area contributed by atoms with Gasteiger partial charge in [-0.15, -0.1) is 0 Å². The summed E-state index contributed by atoms with van der Waals surface area (Å²) in [5.41, 5.74) is 2.48. The summed E-state index contributed by atoms with van der Waals surface area (Å²) in [7, 11) is 0. The molecule has 0 spiro atoms. The zero-order valence-electron chi connectivity index (χ0n) is 14.9. The van der Waals surface area contributed by atoms with Crippen molar-refractivity contribution in [2.45, 2.75) is 19.9 Å². The average molecular weight is 372 g/mol. The van der Waals surface area contributed by atoms with E-state index in [0.29, 0.717) is 10.8 Å². The Bertz CT molecular complexity index is 915. The van der Waals surface area contributed by atoms with Gasteiger partial charge in [-0.05, 0) is 32.0 Å². The molecule has 8 heteroatoms. The molecular weight excluding hydrogens is 350 g/mol. The molecule has 0 aliphatic carbocycles. The molecule has 0 atom stereocenters. The van der Waals surface area contributed by atoms with E-state index in [1.165, 1.54) is 0 Å². The second-order valence-electron chi connectivity index (χ2n) is 6.66. The molecule has 1 aliphatic rings. The molecule has 1 aromatic carbocycles. The lowest BCUT2D eigenvalue weighted by Crippen LogP contribution is -2.44. The Labute approximate surface area is 157 Å². The Hall–Kier alpha value is -2.38. The highest BCUT2D eigenvalue weighted by Crippen LogP contribution is 2.28. The zero-order chi connectivity index (χ0) is 18.1. The van der Waals surface area contributed by atoms with E-state index in [1.54, 1.807) is 0 Å². The predicted molar refractivity (Wildman–Crippen MR) is 106 cm³/mol. The second kappa shape index (κ2) is 7.09. The predicted octanol–water partition coefficient (Wildman–Crippen LogP) is 3.21. The number of piperazine rings is 1. The van der Waals surface area contributed by atoms with Crippen LogP contribution in [0.25, 0.3) is 11.2 Å². The van der Waals surface area contributed by atoms with Gasteiger partial charge in [-0.3, -0.25) is 0 Å². The molecule has 1 aliphatic heterocycles. The molecule has 0 amide bonds. The van der Waals surface area contributed by atoms with Gasteiger partial charge in [-0.1, -0.05) is 17.7 Å². The van der Waals surface area contributed by atoms with E-state index in [-0.39, 0.29) is 6.04 Å². The maximum atomic E-state index is 6.12. The standard InChI is InChI=1S/C18H22ClN7/c1-12(2)26-11-21-15-16(22-14-5-3-4-13(19)10-14)23-18(24-17(15)26)25-8-6-20-7-9-25/h3-5,10-12,20H,6-9H2,1-2H3,(H,22,23,24). The monoisotopic (exact) mass is 371 g/mol.